The minimum absolute atomic E-state index is 0.0474. The highest BCUT2D eigenvalue weighted by atomic mass is 32.2. The van der Waals surface area contributed by atoms with E-state index in [2.05, 4.69) is 25.5 Å². The van der Waals surface area contributed by atoms with Crippen LogP contribution in [0.5, 0.6) is 0 Å². The van der Waals surface area contributed by atoms with Gasteiger partial charge in [0, 0.05) is 11.3 Å². The summed E-state index contributed by atoms with van der Waals surface area (Å²) in [6.07, 6.45) is 1.99. The van der Waals surface area contributed by atoms with Gasteiger partial charge in [-0.3, -0.25) is 9.52 Å². The Hall–Kier alpha value is -0.220. The van der Waals surface area contributed by atoms with Gasteiger partial charge in [-0.1, -0.05) is 18.9 Å². The second kappa shape index (κ2) is 5.21. The lowest BCUT2D eigenvalue weighted by Gasteiger charge is -2.27. The van der Waals surface area contributed by atoms with Crippen molar-refractivity contribution in [2.75, 3.05) is 6.54 Å². The molecule has 2 unspecified atom stereocenters. The van der Waals surface area contributed by atoms with Crippen molar-refractivity contribution in [2.24, 2.45) is 5.92 Å². The topological polar surface area (TPSA) is 38.3 Å². The summed E-state index contributed by atoms with van der Waals surface area (Å²) < 4.78 is 8.77. The summed E-state index contributed by atoms with van der Waals surface area (Å²) in [5.41, 5.74) is 0. The SMILES string of the molecule is CC1CCC(CNSC(C)(C)C)OC1=O. The number of hydrogen-bond acceptors (Lipinski definition) is 4. The Kier molecular flexibility index (Phi) is 4.46. The maximum atomic E-state index is 11.3. The molecule has 1 saturated heterocycles. The van der Waals surface area contributed by atoms with Crippen molar-refractivity contribution in [3.63, 3.8) is 0 Å². The van der Waals surface area contributed by atoms with Crippen LogP contribution in [0.4, 0.5) is 0 Å². The van der Waals surface area contributed by atoms with E-state index in [0.717, 1.165) is 19.4 Å². The van der Waals surface area contributed by atoms with Crippen LogP contribution < -0.4 is 4.72 Å². The molecule has 1 rings (SSSR count). The van der Waals surface area contributed by atoms with Crippen LogP contribution >= 0.6 is 11.9 Å². The summed E-state index contributed by atoms with van der Waals surface area (Å²) in [5, 5.41) is 0. The Bertz CT molecular complexity index is 225. The zero-order chi connectivity index (χ0) is 11.5. The predicted octanol–water partition coefficient (Wildman–Crippen LogP) is 2.36. The third kappa shape index (κ3) is 4.89. The summed E-state index contributed by atoms with van der Waals surface area (Å²) >= 11 is 1.69. The van der Waals surface area contributed by atoms with Gasteiger partial charge in [0.05, 0.1) is 5.92 Å². The summed E-state index contributed by atoms with van der Waals surface area (Å²) in [6, 6.07) is 0. The second-order valence-electron chi connectivity index (χ2n) is 5.10. The van der Waals surface area contributed by atoms with Crippen molar-refractivity contribution in [2.45, 2.75) is 51.4 Å². The van der Waals surface area contributed by atoms with Crippen molar-refractivity contribution < 1.29 is 9.53 Å². The molecule has 15 heavy (non-hydrogen) atoms. The van der Waals surface area contributed by atoms with Crippen LogP contribution in [-0.4, -0.2) is 23.4 Å². The molecule has 1 N–H and O–H groups in total. The Balaban J connectivity index is 2.20. The van der Waals surface area contributed by atoms with Crippen molar-refractivity contribution >= 4 is 17.9 Å². The van der Waals surface area contributed by atoms with Gasteiger partial charge in [-0.05, 0) is 33.6 Å². The van der Waals surface area contributed by atoms with Crippen molar-refractivity contribution in [1.29, 1.82) is 0 Å². The monoisotopic (exact) mass is 231 g/mol. The van der Waals surface area contributed by atoms with Gasteiger partial charge in [0.1, 0.15) is 6.10 Å². The first-order valence-electron chi connectivity index (χ1n) is 5.50. The van der Waals surface area contributed by atoms with Crippen molar-refractivity contribution in [3.8, 4) is 0 Å². The van der Waals surface area contributed by atoms with Crippen LogP contribution in [0.25, 0.3) is 0 Å². The molecule has 0 aromatic rings. The normalized spacial score (nSPS) is 27.6. The molecule has 2 atom stereocenters. The maximum absolute atomic E-state index is 11.3. The first kappa shape index (κ1) is 12.8. The molecule has 0 bridgehead atoms. The Labute approximate surface area is 96.5 Å². The molecular weight excluding hydrogens is 210 g/mol. The van der Waals surface area contributed by atoms with Gasteiger partial charge in [-0.25, -0.2) is 0 Å². The summed E-state index contributed by atoms with van der Waals surface area (Å²) in [7, 11) is 0. The fraction of sp³-hybridized carbons (Fsp3) is 0.909. The van der Waals surface area contributed by atoms with Crippen LogP contribution in [0, 0.1) is 5.92 Å². The van der Waals surface area contributed by atoms with E-state index >= 15 is 0 Å². The zero-order valence-electron chi connectivity index (χ0n) is 10.0. The summed E-state index contributed by atoms with van der Waals surface area (Å²) in [6.45, 7) is 9.13. The quantitative estimate of drug-likeness (QED) is 0.598. The number of carbonyl (C=O) groups is 1. The molecule has 1 aliphatic rings. The van der Waals surface area contributed by atoms with Crippen LogP contribution in [0.1, 0.15) is 40.5 Å². The molecule has 0 amide bonds. The van der Waals surface area contributed by atoms with E-state index in [1.54, 1.807) is 11.9 Å². The molecule has 0 radical (unpaired) electrons. The molecule has 3 nitrogen and oxygen atoms in total. The van der Waals surface area contributed by atoms with Gasteiger partial charge in [0.15, 0.2) is 0 Å². The predicted molar refractivity (Wildman–Crippen MR) is 63.6 cm³/mol. The Morgan fingerprint density at radius 3 is 2.67 bits per heavy atom. The molecule has 88 valence electrons. The lowest BCUT2D eigenvalue weighted by Crippen LogP contribution is -2.36. The second-order valence-corrected chi connectivity index (χ2v) is 6.82. The number of cyclic esters (lactones) is 1. The Morgan fingerprint density at radius 2 is 2.13 bits per heavy atom. The molecule has 0 saturated carbocycles. The molecule has 1 fully saturated rings. The summed E-state index contributed by atoms with van der Waals surface area (Å²) in [5.74, 6) is 0.0327. The minimum Gasteiger partial charge on any atom is -0.461 e. The van der Waals surface area contributed by atoms with Gasteiger partial charge in [0.25, 0.3) is 0 Å². The van der Waals surface area contributed by atoms with Crippen LogP contribution in [0.2, 0.25) is 0 Å². The van der Waals surface area contributed by atoms with Crippen LogP contribution in [0.15, 0.2) is 0 Å². The summed E-state index contributed by atoms with van der Waals surface area (Å²) in [4.78, 5) is 11.3. The lowest BCUT2D eigenvalue weighted by molar-refractivity contribution is -0.158. The molecule has 0 aromatic carbocycles. The van der Waals surface area contributed by atoms with E-state index < -0.39 is 0 Å². The largest absolute Gasteiger partial charge is 0.461 e. The Morgan fingerprint density at radius 1 is 1.47 bits per heavy atom. The number of esters is 1. The fourth-order valence-corrected chi connectivity index (χ4v) is 2.09. The number of hydrogen-bond donors (Lipinski definition) is 1. The number of carbonyl (C=O) groups excluding carboxylic acids is 1. The van der Waals surface area contributed by atoms with Gasteiger partial charge in [-0.2, -0.15) is 0 Å². The van der Waals surface area contributed by atoms with Crippen LogP contribution in [0.3, 0.4) is 0 Å². The van der Waals surface area contributed by atoms with Crippen molar-refractivity contribution in [1.82, 2.24) is 4.72 Å². The average Bonchev–Trinajstić information content (AvgIpc) is 2.09. The average molecular weight is 231 g/mol. The number of rotatable bonds is 3. The van der Waals surface area contributed by atoms with E-state index in [1.807, 2.05) is 6.92 Å². The highest BCUT2D eigenvalue weighted by molar-refractivity contribution is 7.98. The molecule has 0 spiro atoms. The standard InChI is InChI=1S/C11H21NO2S/c1-8-5-6-9(14-10(8)13)7-12-15-11(2,3)4/h8-9,12H,5-7H2,1-4H3. The molecule has 1 aliphatic heterocycles. The van der Waals surface area contributed by atoms with E-state index in [9.17, 15) is 4.79 Å². The first-order valence-corrected chi connectivity index (χ1v) is 6.31. The third-order valence-electron chi connectivity index (χ3n) is 2.30. The number of nitrogens with one attached hydrogen (secondary N) is 1. The molecule has 4 heteroatoms. The highest BCUT2D eigenvalue weighted by Crippen LogP contribution is 2.22. The third-order valence-corrected chi connectivity index (χ3v) is 3.22. The molecule has 1 heterocycles. The minimum atomic E-state index is -0.0474. The maximum Gasteiger partial charge on any atom is 0.308 e. The van der Waals surface area contributed by atoms with E-state index in [-0.39, 0.29) is 22.7 Å². The van der Waals surface area contributed by atoms with Crippen molar-refractivity contribution in [3.05, 3.63) is 0 Å². The number of ether oxygens (including phenoxy) is 1. The highest BCUT2D eigenvalue weighted by Gasteiger charge is 2.26. The van der Waals surface area contributed by atoms with Gasteiger partial charge in [-0.15, -0.1) is 0 Å². The van der Waals surface area contributed by atoms with E-state index in [4.69, 9.17) is 4.74 Å². The molecule has 0 aromatic heterocycles. The first-order chi connectivity index (χ1) is 6.88. The van der Waals surface area contributed by atoms with Crippen LogP contribution in [-0.2, 0) is 9.53 Å². The lowest BCUT2D eigenvalue weighted by atomic mass is 10.00. The zero-order valence-corrected chi connectivity index (χ0v) is 10.8. The smallest absolute Gasteiger partial charge is 0.308 e. The van der Waals surface area contributed by atoms with Gasteiger partial charge >= 0.3 is 5.97 Å². The van der Waals surface area contributed by atoms with Gasteiger partial charge < -0.3 is 4.74 Å². The fourth-order valence-electron chi connectivity index (χ4n) is 1.39. The molecular formula is C11H21NO2S. The van der Waals surface area contributed by atoms with E-state index in [1.165, 1.54) is 0 Å². The van der Waals surface area contributed by atoms with E-state index in [0.29, 0.717) is 0 Å². The molecule has 0 aliphatic carbocycles. The van der Waals surface area contributed by atoms with Gasteiger partial charge in [0.2, 0.25) is 0 Å².